The Morgan fingerprint density at radius 2 is 1.29 bits per heavy atom. The fourth-order valence-electron chi connectivity index (χ4n) is 0. The second-order valence-corrected chi connectivity index (χ2v) is 0.663. The Balaban J connectivity index is 0. The second-order valence-electron chi connectivity index (χ2n) is 0.452. The Labute approximate surface area is 46.7 Å². The third kappa shape index (κ3) is 16900. The molecule has 0 bridgehead atoms. The Morgan fingerprint density at radius 3 is 1.29 bits per heavy atom. The van der Waals surface area contributed by atoms with Gasteiger partial charge in [-0.25, -0.2) is 0 Å². The van der Waals surface area contributed by atoms with Crippen LogP contribution in [0.1, 0.15) is 0 Å². The van der Waals surface area contributed by atoms with Crippen molar-refractivity contribution in [3.63, 3.8) is 0 Å². The summed E-state index contributed by atoms with van der Waals surface area (Å²) in [6.07, 6.45) is 0. The number of hydrogen-bond donors (Lipinski definition) is 4. The minimum atomic E-state index is -2.17. The van der Waals surface area contributed by atoms with Crippen LogP contribution in [-0.4, -0.2) is 42.0 Å². The van der Waals surface area contributed by atoms with Crippen molar-refractivity contribution in [2.24, 2.45) is 0 Å². The minimum absolute atomic E-state index is 1.50. The van der Waals surface area contributed by atoms with Gasteiger partial charge in [-0.2, -0.15) is 0 Å². The van der Waals surface area contributed by atoms with E-state index in [2.05, 4.69) is 0 Å². The van der Waals surface area contributed by atoms with Crippen LogP contribution in [0, 0.1) is 0 Å². The molecule has 40 valence electrons. The van der Waals surface area contributed by atoms with Gasteiger partial charge in [0, 0.05) is 0 Å². The van der Waals surface area contributed by atoms with E-state index in [1.807, 2.05) is 0 Å². The Kier molecular flexibility index (Phi) is 13.7. The van der Waals surface area contributed by atoms with Gasteiger partial charge in [0.15, 0.2) is 0 Å². The van der Waals surface area contributed by atoms with Crippen molar-refractivity contribution in [2.75, 3.05) is 0 Å². The zero-order valence-corrected chi connectivity index (χ0v) is 4.51. The van der Waals surface area contributed by atoms with Gasteiger partial charge < -0.3 is 15.1 Å². The Hall–Kier alpha value is 0.0774. The third-order valence-electron chi connectivity index (χ3n) is 0. The fraction of sp³-hybridized carbons (Fsp3) is 0. The van der Waals surface area contributed by atoms with Gasteiger partial charge in [0.05, 0.1) is 0 Å². The maximum atomic E-state index is 8.57. The summed E-state index contributed by atoms with van der Waals surface area (Å²) >= 11 is -1.50. The summed E-state index contributed by atoms with van der Waals surface area (Å²) in [5.41, 5.74) is 0. The molecule has 0 saturated carbocycles. The third-order valence-corrected chi connectivity index (χ3v) is 0. The van der Waals surface area contributed by atoms with Crippen molar-refractivity contribution in [3.05, 3.63) is 0 Å². The summed E-state index contributed by atoms with van der Waals surface area (Å²) in [6, 6.07) is 0. The van der Waals surface area contributed by atoms with E-state index in [-0.39, 0.29) is 0 Å². The molecule has 5 nitrogen and oxygen atoms in total. The van der Waals surface area contributed by atoms with E-state index in [0.717, 1.165) is 0 Å². The molecule has 0 aromatic heterocycles. The van der Waals surface area contributed by atoms with Gasteiger partial charge in [-0.15, -0.1) is 0 Å². The topological polar surface area (TPSA) is 98.0 Å². The normalized spacial score (nSPS) is 5.00. The average molecular weight is 122 g/mol. The molecule has 0 aliphatic rings. The molecule has 7 heteroatoms. The first-order valence-corrected chi connectivity index (χ1v) is 2.26. The molecule has 0 rings (SSSR count). The molecule has 0 fully saturated rings. The van der Waals surface area contributed by atoms with E-state index < -0.39 is 22.8 Å². The standard InChI is InChI=1S/Al.BH3O3.H2O.O/c;2-1(3)4;;/h;2-4H;1H2;/q+1;;;/p-1. The molecule has 0 aliphatic carbocycles. The molecule has 0 aliphatic heterocycles. The van der Waals surface area contributed by atoms with Crippen LogP contribution < -0.4 is 0 Å². The molecular formula is H4AlBO5. The van der Waals surface area contributed by atoms with Gasteiger partial charge in [-0.1, -0.05) is 0 Å². The summed E-state index contributed by atoms with van der Waals surface area (Å²) < 4.78 is 15.7. The summed E-state index contributed by atoms with van der Waals surface area (Å²) in [7, 11) is -2.17. The first-order valence-electron chi connectivity index (χ1n) is 1.27. The van der Waals surface area contributed by atoms with E-state index in [1.54, 1.807) is 0 Å². The average Bonchev–Trinajstić information content (AvgIpc) is 1.33. The van der Waals surface area contributed by atoms with E-state index in [0.29, 0.717) is 0 Å². The van der Waals surface area contributed by atoms with Crippen LogP contribution >= 0.6 is 0 Å². The van der Waals surface area contributed by atoms with Gasteiger partial charge in [-0.3, -0.25) is 0 Å². The van der Waals surface area contributed by atoms with Gasteiger partial charge >= 0.3 is 30.8 Å². The zero-order valence-electron chi connectivity index (χ0n) is 3.35. The van der Waals surface area contributed by atoms with Crippen LogP contribution in [0.5, 0.6) is 0 Å². The van der Waals surface area contributed by atoms with Crippen LogP contribution in [-0.2, 0) is 3.80 Å². The van der Waals surface area contributed by atoms with Gasteiger partial charge in [0.2, 0.25) is 0 Å². The summed E-state index contributed by atoms with van der Waals surface area (Å²) in [5.74, 6) is 0. The van der Waals surface area contributed by atoms with E-state index in [1.165, 1.54) is 0 Å². The predicted octanol–water partition coefficient (Wildman–Crippen LogP) is -3.11. The number of rotatable bonds is 0. The Morgan fingerprint density at radius 1 is 1.29 bits per heavy atom. The Bertz CT molecular complexity index is 32.3. The summed E-state index contributed by atoms with van der Waals surface area (Å²) in [4.78, 5) is 0. The van der Waals surface area contributed by atoms with Crippen LogP contribution in [0.4, 0.5) is 0 Å². The first-order chi connectivity index (χ1) is 3.15. The molecule has 0 aromatic carbocycles. The second kappa shape index (κ2) is 9.42. The van der Waals surface area contributed by atoms with Crippen LogP contribution in [0.3, 0.4) is 0 Å². The molecular weight excluding hydrogens is 118 g/mol. The zero-order chi connectivity index (χ0) is 6.28. The SMILES string of the molecule is OB(O)O.[O]=[Al][OH]. The summed E-state index contributed by atoms with van der Waals surface area (Å²) in [5, 5.41) is 21.5. The van der Waals surface area contributed by atoms with Crippen molar-refractivity contribution in [2.45, 2.75) is 0 Å². The van der Waals surface area contributed by atoms with Crippen molar-refractivity contribution >= 4 is 22.8 Å². The van der Waals surface area contributed by atoms with Gasteiger partial charge in [0.1, 0.15) is 0 Å². The van der Waals surface area contributed by atoms with E-state index >= 15 is 0 Å². The van der Waals surface area contributed by atoms with Gasteiger partial charge in [-0.05, 0) is 0 Å². The molecule has 0 heterocycles. The van der Waals surface area contributed by atoms with Crippen molar-refractivity contribution in [3.8, 4) is 0 Å². The maximum absolute atomic E-state index is 8.57. The van der Waals surface area contributed by atoms with E-state index in [4.69, 9.17) is 23.0 Å². The molecule has 0 unspecified atom stereocenters. The molecule has 0 radical (unpaired) electrons. The molecule has 0 amide bonds. The molecule has 4 N–H and O–H groups in total. The number of hydrogen-bond acceptors (Lipinski definition) is 4. The van der Waals surface area contributed by atoms with Crippen LogP contribution in [0.15, 0.2) is 0 Å². The molecule has 0 saturated heterocycles. The fourth-order valence-corrected chi connectivity index (χ4v) is 0. The molecule has 7 heavy (non-hydrogen) atoms. The predicted molar refractivity (Wildman–Crippen MR) is 21.1 cm³/mol. The molecule has 0 aromatic rings. The van der Waals surface area contributed by atoms with Crippen molar-refractivity contribution in [1.82, 2.24) is 0 Å². The monoisotopic (exact) mass is 122 g/mol. The molecule has 0 spiro atoms. The van der Waals surface area contributed by atoms with E-state index in [9.17, 15) is 0 Å². The van der Waals surface area contributed by atoms with Crippen LogP contribution in [0.2, 0.25) is 0 Å². The summed E-state index contributed by atoms with van der Waals surface area (Å²) in [6.45, 7) is 0. The van der Waals surface area contributed by atoms with Crippen molar-refractivity contribution < 1.29 is 23.0 Å². The molecule has 0 atom stereocenters. The first kappa shape index (κ1) is 10.1. The quantitative estimate of drug-likeness (QED) is 0.255. The van der Waals surface area contributed by atoms with Crippen molar-refractivity contribution in [1.29, 1.82) is 0 Å². The van der Waals surface area contributed by atoms with Crippen LogP contribution in [0.25, 0.3) is 0 Å². The van der Waals surface area contributed by atoms with Gasteiger partial charge in [0.25, 0.3) is 0 Å².